The Kier molecular flexibility index (Phi) is 3.07. The Morgan fingerprint density at radius 1 is 1.29 bits per heavy atom. The summed E-state index contributed by atoms with van der Waals surface area (Å²) in [5.41, 5.74) is 10.2. The molecule has 2 heteroatoms. The average Bonchev–Trinajstić information content (AvgIpc) is 3.04. The molecule has 1 aromatic carbocycles. The van der Waals surface area contributed by atoms with Crippen LogP contribution in [0.5, 0.6) is 0 Å². The summed E-state index contributed by atoms with van der Waals surface area (Å²) in [6, 6.07) is 6.42. The quantitative estimate of drug-likeness (QED) is 0.803. The molecule has 0 spiro atoms. The van der Waals surface area contributed by atoms with Crippen molar-refractivity contribution < 1.29 is 0 Å². The molecule has 2 N–H and O–H groups in total. The highest BCUT2D eigenvalue weighted by atomic mass is 15.1. The van der Waals surface area contributed by atoms with Gasteiger partial charge in [-0.05, 0) is 54.4 Å². The number of nitrogens with two attached hydrogens (primary N) is 1. The first-order valence-corrected chi connectivity index (χ1v) is 6.61. The summed E-state index contributed by atoms with van der Waals surface area (Å²) in [4.78, 5) is 2.14. The zero-order valence-corrected chi connectivity index (χ0v) is 11.5. The van der Waals surface area contributed by atoms with Gasteiger partial charge in [-0.25, -0.2) is 0 Å². The van der Waals surface area contributed by atoms with Crippen LogP contribution in [0.25, 0.3) is 0 Å². The van der Waals surface area contributed by atoms with Crippen LogP contribution in [-0.4, -0.2) is 14.1 Å². The van der Waals surface area contributed by atoms with Crippen molar-refractivity contribution in [1.82, 2.24) is 0 Å². The zero-order chi connectivity index (χ0) is 12.6. The van der Waals surface area contributed by atoms with E-state index in [9.17, 15) is 0 Å². The van der Waals surface area contributed by atoms with E-state index < -0.39 is 0 Å². The summed E-state index contributed by atoms with van der Waals surface area (Å²) in [5.74, 6) is 0.678. The van der Waals surface area contributed by atoms with E-state index in [1.165, 1.54) is 30.5 Å². The first-order chi connectivity index (χ1) is 8.04. The van der Waals surface area contributed by atoms with Crippen LogP contribution in [0.1, 0.15) is 44.6 Å². The van der Waals surface area contributed by atoms with Gasteiger partial charge in [0.2, 0.25) is 0 Å². The van der Waals surface area contributed by atoms with E-state index in [-0.39, 0.29) is 0 Å². The fraction of sp³-hybridized carbons (Fsp3) is 0.600. The molecule has 0 heterocycles. The molecular formula is C15H24N2. The van der Waals surface area contributed by atoms with Gasteiger partial charge in [0.05, 0.1) is 0 Å². The third-order valence-corrected chi connectivity index (χ3v) is 4.56. The second kappa shape index (κ2) is 4.25. The predicted molar refractivity (Wildman–Crippen MR) is 75.6 cm³/mol. The van der Waals surface area contributed by atoms with E-state index in [0.29, 0.717) is 11.3 Å². The zero-order valence-electron chi connectivity index (χ0n) is 11.5. The Balaban J connectivity index is 2.31. The molecule has 2 rings (SSSR count). The van der Waals surface area contributed by atoms with Gasteiger partial charge >= 0.3 is 0 Å². The molecule has 17 heavy (non-hydrogen) atoms. The molecule has 0 aliphatic heterocycles. The van der Waals surface area contributed by atoms with Crippen LogP contribution in [-0.2, 0) is 0 Å². The molecule has 1 fully saturated rings. The minimum atomic E-state index is 0.527. The average molecular weight is 232 g/mol. The highest BCUT2D eigenvalue weighted by Crippen LogP contribution is 2.64. The van der Waals surface area contributed by atoms with E-state index in [0.717, 1.165) is 5.69 Å². The lowest BCUT2D eigenvalue weighted by Crippen LogP contribution is -2.10. The van der Waals surface area contributed by atoms with Crippen molar-refractivity contribution in [2.75, 3.05) is 24.7 Å². The van der Waals surface area contributed by atoms with Crippen LogP contribution < -0.4 is 10.6 Å². The van der Waals surface area contributed by atoms with E-state index in [1.54, 1.807) is 0 Å². The molecule has 0 saturated heterocycles. The number of rotatable bonds is 4. The molecular weight excluding hydrogens is 208 g/mol. The molecule has 0 aromatic heterocycles. The van der Waals surface area contributed by atoms with Crippen molar-refractivity contribution in [1.29, 1.82) is 0 Å². The molecule has 1 aliphatic rings. The van der Waals surface area contributed by atoms with Crippen LogP contribution in [0.3, 0.4) is 0 Å². The maximum absolute atomic E-state index is 6.14. The number of hydrogen-bond donors (Lipinski definition) is 1. The first-order valence-electron chi connectivity index (χ1n) is 6.61. The van der Waals surface area contributed by atoms with Gasteiger partial charge in [-0.1, -0.05) is 13.8 Å². The van der Waals surface area contributed by atoms with Crippen LogP contribution in [0.2, 0.25) is 0 Å². The standard InChI is InChI=1S/C15H24N2/c1-5-15(6-2)10-13(15)12-9-11(17(3)4)7-8-14(12)16/h7-9,13H,5-6,10,16H2,1-4H3. The van der Waals surface area contributed by atoms with E-state index in [2.05, 4.69) is 51.0 Å². The molecule has 1 saturated carbocycles. The number of hydrogen-bond acceptors (Lipinski definition) is 2. The molecule has 1 atom stereocenters. The summed E-state index contributed by atoms with van der Waals surface area (Å²) < 4.78 is 0. The largest absolute Gasteiger partial charge is 0.398 e. The van der Waals surface area contributed by atoms with Gasteiger partial charge in [0.25, 0.3) is 0 Å². The number of benzene rings is 1. The van der Waals surface area contributed by atoms with Crippen molar-refractivity contribution >= 4 is 11.4 Å². The van der Waals surface area contributed by atoms with Gasteiger partial charge < -0.3 is 10.6 Å². The summed E-state index contributed by atoms with van der Waals surface area (Å²) in [7, 11) is 4.16. The summed E-state index contributed by atoms with van der Waals surface area (Å²) in [6.45, 7) is 4.60. The van der Waals surface area contributed by atoms with Crippen molar-refractivity contribution in [3.63, 3.8) is 0 Å². The molecule has 1 aliphatic carbocycles. The van der Waals surface area contributed by atoms with E-state index >= 15 is 0 Å². The van der Waals surface area contributed by atoms with Crippen molar-refractivity contribution in [3.05, 3.63) is 23.8 Å². The van der Waals surface area contributed by atoms with Gasteiger partial charge in [0, 0.05) is 25.5 Å². The van der Waals surface area contributed by atoms with Crippen LogP contribution in [0, 0.1) is 5.41 Å². The van der Waals surface area contributed by atoms with Crippen LogP contribution in [0.4, 0.5) is 11.4 Å². The molecule has 1 aromatic rings. The number of nitrogens with zero attached hydrogens (tertiary/aromatic N) is 1. The topological polar surface area (TPSA) is 29.3 Å². The van der Waals surface area contributed by atoms with Crippen molar-refractivity contribution in [2.45, 2.75) is 39.0 Å². The smallest absolute Gasteiger partial charge is 0.0365 e. The van der Waals surface area contributed by atoms with Crippen molar-refractivity contribution in [3.8, 4) is 0 Å². The summed E-state index contributed by atoms with van der Waals surface area (Å²) in [5, 5.41) is 0. The Morgan fingerprint density at radius 2 is 1.94 bits per heavy atom. The normalized spacial score (nSPS) is 21.3. The highest BCUT2D eigenvalue weighted by molar-refractivity contribution is 5.60. The lowest BCUT2D eigenvalue weighted by molar-refractivity contribution is 0.455. The predicted octanol–water partition coefficient (Wildman–Crippen LogP) is 3.63. The molecule has 2 nitrogen and oxygen atoms in total. The molecule has 0 bridgehead atoms. The fourth-order valence-electron chi connectivity index (χ4n) is 2.96. The fourth-order valence-corrected chi connectivity index (χ4v) is 2.96. The number of nitrogen functional groups attached to an aromatic ring is 1. The van der Waals surface area contributed by atoms with Gasteiger partial charge in [-0.3, -0.25) is 0 Å². The maximum atomic E-state index is 6.14. The van der Waals surface area contributed by atoms with Gasteiger partial charge in [-0.2, -0.15) is 0 Å². The number of anilines is 2. The Hall–Kier alpha value is -1.18. The third kappa shape index (κ3) is 2.01. The molecule has 94 valence electrons. The van der Waals surface area contributed by atoms with E-state index in [4.69, 9.17) is 5.73 Å². The second-order valence-corrected chi connectivity index (χ2v) is 5.53. The summed E-state index contributed by atoms with van der Waals surface area (Å²) >= 11 is 0. The highest BCUT2D eigenvalue weighted by Gasteiger charge is 2.52. The molecule has 0 radical (unpaired) electrons. The SMILES string of the molecule is CCC1(CC)CC1c1cc(N(C)C)ccc1N. The first kappa shape index (κ1) is 12.3. The maximum Gasteiger partial charge on any atom is 0.0365 e. The Morgan fingerprint density at radius 3 is 2.41 bits per heavy atom. The van der Waals surface area contributed by atoms with Gasteiger partial charge in [0.1, 0.15) is 0 Å². The molecule has 1 unspecified atom stereocenters. The monoisotopic (exact) mass is 232 g/mol. The van der Waals surface area contributed by atoms with Gasteiger partial charge in [0.15, 0.2) is 0 Å². The minimum absolute atomic E-state index is 0.527. The lowest BCUT2D eigenvalue weighted by atomic mass is 9.93. The minimum Gasteiger partial charge on any atom is -0.398 e. The summed E-state index contributed by atoms with van der Waals surface area (Å²) in [6.07, 6.45) is 3.83. The second-order valence-electron chi connectivity index (χ2n) is 5.53. The van der Waals surface area contributed by atoms with Crippen molar-refractivity contribution in [2.24, 2.45) is 5.41 Å². The van der Waals surface area contributed by atoms with Crippen LogP contribution >= 0.6 is 0 Å². The van der Waals surface area contributed by atoms with E-state index in [1.807, 2.05) is 0 Å². The Labute approximate surface area is 105 Å². The van der Waals surface area contributed by atoms with Crippen LogP contribution in [0.15, 0.2) is 18.2 Å². The van der Waals surface area contributed by atoms with Gasteiger partial charge in [-0.15, -0.1) is 0 Å². The molecule has 0 amide bonds. The Bertz CT molecular complexity index is 405. The third-order valence-electron chi connectivity index (χ3n) is 4.56. The lowest BCUT2D eigenvalue weighted by Gasteiger charge is -2.17.